The number of carbonyl (C=O) groups excluding carboxylic acids is 2. The molecule has 0 aromatic heterocycles. The van der Waals surface area contributed by atoms with Crippen LogP contribution in [0.25, 0.3) is 0 Å². The molecule has 2 aromatic rings. The van der Waals surface area contributed by atoms with Crippen molar-refractivity contribution in [3.05, 3.63) is 59.1 Å². The number of piperidine rings is 1. The summed E-state index contributed by atoms with van der Waals surface area (Å²) >= 11 is 6.46. The number of nitrogens with one attached hydrogen (secondary N) is 1. The van der Waals surface area contributed by atoms with Gasteiger partial charge in [0, 0.05) is 38.0 Å². The maximum atomic E-state index is 12.5. The zero-order chi connectivity index (χ0) is 21.6. The van der Waals surface area contributed by atoms with Crippen LogP contribution in [0.5, 0.6) is 0 Å². The van der Waals surface area contributed by atoms with Gasteiger partial charge in [-0.2, -0.15) is 5.10 Å². The van der Waals surface area contributed by atoms with E-state index in [9.17, 15) is 9.59 Å². The van der Waals surface area contributed by atoms with E-state index in [1.165, 1.54) is 24.3 Å². The predicted octanol–water partition coefficient (Wildman–Crippen LogP) is 4.69. The third kappa shape index (κ3) is 5.44. The van der Waals surface area contributed by atoms with E-state index in [1.54, 1.807) is 6.07 Å². The highest BCUT2D eigenvalue weighted by molar-refractivity contribution is 6.33. The molecular weight excluding hydrogens is 412 g/mol. The smallest absolute Gasteiger partial charge is 0.243 e. The summed E-state index contributed by atoms with van der Waals surface area (Å²) in [5.74, 6) is -0.346. The molecule has 0 saturated carbocycles. The monoisotopic (exact) mass is 438 g/mol. The van der Waals surface area contributed by atoms with E-state index in [0.29, 0.717) is 17.3 Å². The summed E-state index contributed by atoms with van der Waals surface area (Å²) in [7, 11) is 0. The lowest BCUT2D eigenvalue weighted by atomic mass is 10.1. The van der Waals surface area contributed by atoms with Crippen LogP contribution in [0.1, 0.15) is 44.1 Å². The van der Waals surface area contributed by atoms with Gasteiger partial charge in [0.2, 0.25) is 11.8 Å². The van der Waals surface area contributed by atoms with Crippen molar-refractivity contribution in [2.45, 2.75) is 38.5 Å². The number of hydrogen-bond donors (Lipinski definition) is 1. The molecule has 1 saturated heterocycles. The summed E-state index contributed by atoms with van der Waals surface area (Å²) in [5.41, 5.74) is 3.59. The zero-order valence-electron chi connectivity index (χ0n) is 17.5. The molecule has 2 aliphatic rings. The van der Waals surface area contributed by atoms with Crippen LogP contribution in [0.2, 0.25) is 5.02 Å². The van der Waals surface area contributed by atoms with E-state index < -0.39 is 0 Å². The molecule has 7 heteroatoms. The molecule has 4 rings (SSSR count). The summed E-state index contributed by atoms with van der Waals surface area (Å²) in [6.07, 6.45) is 4.57. The first-order chi connectivity index (χ1) is 15.1. The largest absolute Gasteiger partial charge is 0.370 e. The Morgan fingerprint density at radius 2 is 1.74 bits per heavy atom. The molecule has 6 nitrogen and oxygen atoms in total. The van der Waals surface area contributed by atoms with E-state index in [0.717, 1.165) is 36.5 Å². The van der Waals surface area contributed by atoms with Crippen molar-refractivity contribution in [2.75, 3.05) is 29.9 Å². The molecule has 0 bridgehead atoms. The molecule has 0 spiro atoms. The molecule has 31 heavy (non-hydrogen) atoms. The van der Waals surface area contributed by atoms with Gasteiger partial charge in [0.05, 0.1) is 23.0 Å². The maximum Gasteiger partial charge on any atom is 0.243 e. The van der Waals surface area contributed by atoms with Gasteiger partial charge in [-0.15, -0.1) is 0 Å². The Labute approximate surface area is 187 Å². The molecule has 2 aromatic carbocycles. The van der Waals surface area contributed by atoms with Gasteiger partial charge >= 0.3 is 0 Å². The zero-order valence-corrected chi connectivity index (χ0v) is 18.3. The van der Waals surface area contributed by atoms with Gasteiger partial charge in [-0.05, 0) is 43.0 Å². The Bertz CT molecular complexity index is 971. The van der Waals surface area contributed by atoms with Crippen molar-refractivity contribution in [1.29, 1.82) is 0 Å². The number of benzene rings is 2. The number of amides is 2. The second-order valence-corrected chi connectivity index (χ2v) is 8.35. The van der Waals surface area contributed by atoms with Crippen molar-refractivity contribution in [2.24, 2.45) is 5.10 Å². The van der Waals surface area contributed by atoms with E-state index in [1.807, 2.05) is 42.5 Å². The third-order valence-electron chi connectivity index (χ3n) is 5.69. The van der Waals surface area contributed by atoms with E-state index >= 15 is 0 Å². The Morgan fingerprint density at radius 3 is 2.48 bits per heavy atom. The van der Waals surface area contributed by atoms with Crippen LogP contribution in [-0.4, -0.2) is 42.2 Å². The Morgan fingerprint density at radius 1 is 0.968 bits per heavy atom. The standard InChI is InChI=1S/C24H27ClN4O2/c25-20-17-19(9-10-22(20)28-14-5-2-6-15-28)26-23(30)11-12-24(31)29-16-13-21(27-29)18-7-3-1-4-8-18/h1,3-4,7-10,17H,2,5-6,11-16H2,(H,26,30). The van der Waals surface area contributed by atoms with Crippen molar-refractivity contribution in [3.8, 4) is 0 Å². The minimum absolute atomic E-state index is 0.108. The van der Waals surface area contributed by atoms with Crippen LogP contribution in [-0.2, 0) is 9.59 Å². The fourth-order valence-electron chi connectivity index (χ4n) is 4.02. The number of halogens is 1. The first-order valence-corrected chi connectivity index (χ1v) is 11.3. The number of hydrazone groups is 1. The quantitative estimate of drug-likeness (QED) is 0.711. The summed E-state index contributed by atoms with van der Waals surface area (Å²) < 4.78 is 0. The number of hydrogen-bond acceptors (Lipinski definition) is 4. The topological polar surface area (TPSA) is 65.0 Å². The molecule has 0 aliphatic carbocycles. The van der Waals surface area contributed by atoms with Crippen LogP contribution < -0.4 is 10.2 Å². The van der Waals surface area contributed by atoms with Gasteiger partial charge in [0.15, 0.2) is 0 Å². The van der Waals surface area contributed by atoms with Gasteiger partial charge < -0.3 is 10.2 Å². The van der Waals surface area contributed by atoms with Gasteiger partial charge in [-0.25, -0.2) is 5.01 Å². The first-order valence-electron chi connectivity index (χ1n) is 10.9. The molecule has 0 unspecified atom stereocenters. The normalized spacial score (nSPS) is 16.2. The minimum Gasteiger partial charge on any atom is -0.370 e. The van der Waals surface area contributed by atoms with Crippen molar-refractivity contribution >= 4 is 40.5 Å². The fraction of sp³-hybridized carbons (Fsp3) is 0.375. The van der Waals surface area contributed by atoms with Crippen LogP contribution in [0.3, 0.4) is 0 Å². The van der Waals surface area contributed by atoms with Gasteiger partial charge in [0.1, 0.15) is 0 Å². The second-order valence-electron chi connectivity index (χ2n) is 7.94. The molecular formula is C24H27ClN4O2. The lowest BCUT2D eigenvalue weighted by molar-refractivity contribution is -0.132. The van der Waals surface area contributed by atoms with E-state index in [-0.39, 0.29) is 24.7 Å². The molecule has 1 fully saturated rings. The minimum atomic E-state index is -0.207. The number of anilines is 2. The van der Waals surface area contributed by atoms with Crippen LogP contribution in [0.4, 0.5) is 11.4 Å². The highest BCUT2D eigenvalue weighted by Crippen LogP contribution is 2.31. The predicted molar refractivity (Wildman–Crippen MR) is 125 cm³/mol. The Kier molecular flexibility index (Phi) is 6.87. The van der Waals surface area contributed by atoms with Crippen molar-refractivity contribution < 1.29 is 9.59 Å². The second kappa shape index (κ2) is 9.96. The van der Waals surface area contributed by atoms with Gasteiger partial charge in [0.25, 0.3) is 0 Å². The summed E-state index contributed by atoms with van der Waals surface area (Å²) in [6, 6.07) is 15.4. The molecule has 2 aliphatic heterocycles. The third-order valence-corrected chi connectivity index (χ3v) is 5.99. The number of rotatable bonds is 6. The van der Waals surface area contributed by atoms with Crippen molar-refractivity contribution in [3.63, 3.8) is 0 Å². The lowest BCUT2D eigenvalue weighted by Gasteiger charge is -2.29. The molecule has 2 amide bonds. The summed E-state index contributed by atoms with van der Waals surface area (Å²) in [5, 5.41) is 9.38. The molecule has 1 N–H and O–H groups in total. The van der Waals surface area contributed by atoms with Crippen LogP contribution in [0.15, 0.2) is 53.6 Å². The van der Waals surface area contributed by atoms with Crippen LogP contribution >= 0.6 is 11.6 Å². The maximum absolute atomic E-state index is 12.5. The highest BCUT2D eigenvalue weighted by Gasteiger charge is 2.22. The average Bonchev–Trinajstić information content (AvgIpc) is 3.29. The number of nitrogens with zero attached hydrogens (tertiary/aromatic N) is 3. The SMILES string of the molecule is O=C(CCC(=O)N1CCC(c2ccccc2)=N1)Nc1ccc(N2CCCCC2)c(Cl)c1. The molecule has 0 radical (unpaired) electrons. The molecule has 0 atom stereocenters. The Hall–Kier alpha value is -2.86. The molecule has 2 heterocycles. The summed E-state index contributed by atoms with van der Waals surface area (Å²) in [4.78, 5) is 27.1. The Balaban J connectivity index is 1.28. The number of carbonyl (C=O) groups is 2. The first kappa shape index (κ1) is 21.4. The lowest BCUT2D eigenvalue weighted by Crippen LogP contribution is -2.29. The van der Waals surface area contributed by atoms with Crippen LogP contribution in [0, 0.1) is 0 Å². The highest BCUT2D eigenvalue weighted by atomic mass is 35.5. The molecule has 162 valence electrons. The van der Waals surface area contributed by atoms with E-state index in [2.05, 4.69) is 15.3 Å². The van der Waals surface area contributed by atoms with Crippen molar-refractivity contribution in [1.82, 2.24) is 5.01 Å². The average molecular weight is 439 g/mol. The van der Waals surface area contributed by atoms with Gasteiger partial charge in [-0.1, -0.05) is 41.9 Å². The van der Waals surface area contributed by atoms with Gasteiger partial charge in [-0.3, -0.25) is 9.59 Å². The van der Waals surface area contributed by atoms with E-state index in [4.69, 9.17) is 11.6 Å². The fourth-order valence-corrected chi connectivity index (χ4v) is 4.32. The summed E-state index contributed by atoms with van der Waals surface area (Å²) in [6.45, 7) is 2.58.